The molecular formula is C31H33N3O2S. The van der Waals surface area contributed by atoms with Gasteiger partial charge in [-0.05, 0) is 48.6 Å². The summed E-state index contributed by atoms with van der Waals surface area (Å²) in [4.78, 5) is 16.2. The third kappa shape index (κ3) is 5.82. The molecule has 0 aliphatic carbocycles. The van der Waals surface area contributed by atoms with Gasteiger partial charge in [-0.2, -0.15) is 0 Å². The van der Waals surface area contributed by atoms with Crippen molar-refractivity contribution in [2.75, 3.05) is 18.4 Å². The van der Waals surface area contributed by atoms with E-state index in [4.69, 9.17) is 0 Å². The smallest absolute Gasteiger partial charge is 0.255 e. The molecule has 37 heavy (non-hydrogen) atoms. The monoisotopic (exact) mass is 511 g/mol. The number of nitrogens with one attached hydrogen (secondary N) is 2. The minimum absolute atomic E-state index is 0.147. The van der Waals surface area contributed by atoms with Gasteiger partial charge < -0.3 is 5.32 Å². The van der Waals surface area contributed by atoms with E-state index in [2.05, 4.69) is 46.1 Å². The summed E-state index contributed by atoms with van der Waals surface area (Å²) in [6.45, 7) is 7.04. The van der Waals surface area contributed by atoms with Crippen LogP contribution in [0, 0.1) is 12.8 Å². The second kappa shape index (κ2) is 11.4. The molecule has 5 rings (SSSR count). The number of benzene rings is 4. The molecule has 1 aliphatic heterocycles. The van der Waals surface area contributed by atoms with E-state index >= 15 is 0 Å². The summed E-state index contributed by atoms with van der Waals surface area (Å²) < 4.78 is 17.0. The number of hydrogen-bond donors (Lipinski definition) is 2. The highest BCUT2D eigenvalue weighted by molar-refractivity contribution is 7.83. The van der Waals surface area contributed by atoms with Gasteiger partial charge in [-0.25, -0.2) is 8.93 Å². The fourth-order valence-electron chi connectivity index (χ4n) is 5.15. The Balaban J connectivity index is 1.29. The van der Waals surface area contributed by atoms with E-state index in [0.717, 1.165) is 47.3 Å². The minimum Gasteiger partial charge on any atom is -0.321 e. The summed E-state index contributed by atoms with van der Waals surface area (Å²) in [7, 11) is -1.37. The topological polar surface area (TPSA) is 61.4 Å². The largest absolute Gasteiger partial charge is 0.321 e. The average molecular weight is 512 g/mol. The molecule has 3 atom stereocenters. The highest BCUT2D eigenvalue weighted by Crippen LogP contribution is 2.30. The zero-order valence-corrected chi connectivity index (χ0v) is 22.1. The lowest BCUT2D eigenvalue weighted by Gasteiger charge is -2.37. The number of amides is 1. The minimum atomic E-state index is -1.37. The molecule has 190 valence electrons. The number of carbonyl (C=O) groups excluding carboxylic acids is 1. The summed E-state index contributed by atoms with van der Waals surface area (Å²) in [5, 5.41) is 4.81. The van der Waals surface area contributed by atoms with Crippen LogP contribution in [0.4, 0.5) is 5.69 Å². The van der Waals surface area contributed by atoms with Gasteiger partial charge in [-0.15, -0.1) is 0 Å². The SMILES string of the molecule is Cc1ccccc1C(=O)Nc1ccc(S(=O)NC2CCN(Cc3ccccc3)CC2C)c2ccccc12. The number of nitrogens with zero attached hydrogens (tertiary/aromatic N) is 1. The first-order chi connectivity index (χ1) is 18.0. The maximum atomic E-state index is 13.5. The van der Waals surface area contributed by atoms with Crippen molar-refractivity contribution < 1.29 is 9.00 Å². The van der Waals surface area contributed by atoms with Crippen molar-refractivity contribution >= 4 is 33.4 Å². The maximum absolute atomic E-state index is 13.5. The lowest BCUT2D eigenvalue weighted by atomic mass is 9.94. The van der Waals surface area contributed by atoms with Crippen molar-refractivity contribution in [2.24, 2.45) is 5.92 Å². The molecule has 0 aromatic heterocycles. The quantitative estimate of drug-likeness (QED) is 0.324. The van der Waals surface area contributed by atoms with Crippen molar-refractivity contribution in [1.29, 1.82) is 0 Å². The van der Waals surface area contributed by atoms with Gasteiger partial charge in [0.2, 0.25) is 0 Å². The summed E-state index contributed by atoms with van der Waals surface area (Å²) in [6.07, 6.45) is 0.947. The summed E-state index contributed by atoms with van der Waals surface area (Å²) in [6, 6.07) is 29.8. The van der Waals surface area contributed by atoms with Crippen LogP contribution in [0.15, 0.2) is 95.9 Å². The molecule has 0 saturated carbocycles. The van der Waals surface area contributed by atoms with Crippen LogP contribution >= 0.6 is 0 Å². The zero-order chi connectivity index (χ0) is 25.8. The molecule has 3 unspecified atom stereocenters. The van der Waals surface area contributed by atoms with Gasteiger partial charge >= 0.3 is 0 Å². The fraction of sp³-hybridized carbons (Fsp3) is 0.258. The Kier molecular flexibility index (Phi) is 7.79. The second-order valence-corrected chi connectivity index (χ2v) is 11.1. The van der Waals surface area contributed by atoms with Crippen molar-refractivity contribution in [1.82, 2.24) is 9.62 Å². The number of hydrogen-bond acceptors (Lipinski definition) is 3. The van der Waals surface area contributed by atoms with E-state index in [0.29, 0.717) is 17.2 Å². The van der Waals surface area contributed by atoms with Gasteiger partial charge in [-0.1, -0.05) is 79.7 Å². The highest BCUT2D eigenvalue weighted by Gasteiger charge is 2.28. The molecule has 1 aliphatic rings. The maximum Gasteiger partial charge on any atom is 0.255 e. The third-order valence-electron chi connectivity index (χ3n) is 7.22. The number of likely N-dealkylation sites (tertiary alicyclic amines) is 1. The number of fused-ring (bicyclic) bond motifs is 1. The van der Waals surface area contributed by atoms with Crippen LogP contribution in [0.25, 0.3) is 10.8 Å². The normalized spacial score (nSPS) is 19.0. The van der Waals surface area contributed by atoms with Gasteiger partial charge in [0.15, 0.2) is 0 Å². The highest BCUT2D eigenvalue weighted by atomic mass is 32.2. The Morgan fingerprint density at radius 1 is 0.919 bits per heavy atom. The first-order valence-corrected chi connectivity index (χ1v) is 14.0. The molecule has 4 aromatic carbocycles. The molecule has 2 N–H and O–H groups in total. The predicted molar refractivity (Wildman–Crippen MR) is 152 cm³/mol. The third-order valence-corrected chi connectivity index (χ3v) is 8.49. The van der Waals surface area contributed by atoms with Gasteiger partial charge in [0, 0.05) is 47.7 Å². The predicted octanol–water partition coefficient (Wildman–Crippen LogP) is 5.92. The Morgan fingerprint density at radius 2 is 1.62 bits per heavy atom. The molecule has 5 nitrogen and oxygen atoms in total. The van der Waals surface area contributed by atoms with Gasteiger partial charge in [0.05, 0.1) is 4.90 Å². The number of carbonyl (C=O) groups is 1. The lowest BCUT2D eigenvalue weighted by molar-refractivity contribution is 0.102. The second-order valence-electron chi connectivity index (χ2n) is 9.91. The van der Waals surface area contributed by atoms with Gasteiger partial charge in [-0.3, -0.25) is 9.69 Å². The Hall–Kier alpha value is -3.32. The number of aryl methyl sites for hydroxylation is 1. The first kappa shape index (κ1) is 25.3. The van der Waals surface area contributed by atoms with E-state index in [9.17, 15) is 9.00 Å². The van der Waals surface area contributed by atoms with Crippen LogP contribution in [-0.2, 0) is 17.5 Å². The van der Waals surface area contributed by atoms with Crippen LogP contribution < -0.4 is 10.0 Å². The summed E-state index contributed by atoms with van der Waals surface area (Å²) >= 11 is 0. The Morgan fingerprint density at radius 3 is 2.38 bits per heavy atom. The number of rotatable bonds is 7. The molecule has 1 saturated heterocycles. The molecule has 1 heterocycles. The van der Waals surface area contributed by atoms with Crippen molar-refractivity contribution in [3.63, 3.8) is 0 Å². The van der Waals surface area contributed by atoms with Crippen molar-refractivity contribution in [3.8, 4) is 0 Å². The molecule has 6 heteroatoms. The van der Waals surface area contributed by atoms with Crippen molar-refractivity contribution in [3.05, 3.63) is 108 Å². The van der Waals surface area contributed by atoms with Gasteiger partial charge in [0.25, 0.3) is 5.91 Å². The van der Waals surface area contributed by atoms with E-state index < -0.39 is 11.0 Å². The van der Waals surface area contributed by atoms with E-state index in [1.54, 1.807) is 0 Å². The standard InChI is InChI=1S/C31H33N3O2S/c1-22-10-6-7-13-25(22)31(35)32-29-16-17-30(27-15-9-8-14-26(27)29)37(36)33-28-18-19-34(20-23(28)2)21-24-11-4-3-5-12-24/h3-17,23,28,33H,18-21H2,1-2H3,(H,32,35). The van der Waals surface area contributed by atoms with E-state index in [1.807, 2.05) is 73.7 Å². The molecule has 1 fully saturated rings. The van der Waals surface area contributed by atoms with Crippen LogP contribution in [0.3, 0.4) is 0 Å². The molecule has 0 spiro atoms. The van der Waals surface area contributed by atoms with Crippen LogP contribution in [-0.4, -0.2) is 34.1 Å². The molecule has 0 radical (unpaired) electrons. The number of piperidine rings is 1. The Bertz CT molecular complexity index is 1420. The first-order valence-electron chi connectivity index (χ1n) is 12.8. The van der Waals surface area contributed by atoms with Crippen LogP contribution in [0.5, 0.6) is 0 Å². The summed E-state index contributed by atoms with van der Waals surface area (Å²) in [5.41, 5.74) is 3.61. The Labute approximate surface area is 221 Å². The lowest BCUT2D eigenvalue weighted by Crippen LogP contribution is -2.48. The molecule has 0 bridgehead atoms. The van der Waals surface area contributed by atoms with Crippen LogP contribution in [0.1, 0.15) is 34.8 Å². The van der Waals surface area contributed by atoms with E-state index in [-0.39, 0.29) is 11.9 Å². The summed E-state index contributed by atoms with van der Waals surface area (Å²) in [5.74, 6) is 0.228. The molecule has 1 amide bonds. The van der Waals surface area contributed by atoms with E-state index in [1.165, 1.54) is 5.56 Å². The van der Waals surface area contributed by atoms with Crippen LogP contribution in [0.2, 0.25) is 0 Å². The van der Waals surface area contributed by atoms with Gasteiger partial charge in [0.1, 0.15) is 11.0 Å². The fourth-order valence-corrected chi connectivity index (χ4v) is 6.47. The number of anilines is 1. The van der Waals surface area contributed by atoms with Crippen molar-refractivity contribution in [2.45, 2.75) is 37.8 Å². The molecule has 4 aromatic rings. The zero-order valence-electron chi connectivity index (χ0n) is 21.3. The molecular weight excluding hydrogens is 478 g/mol. The average Bonchev–Trinajstić information content (AvgIpc) is 2.91.